The zero-order valence-corrected chi connectivity index (χ0v) is 16.5. The summed E-state index contributed by atoms with van der Waals surface area (Å²) in [6, 6.07) is 9.39. The van der Waals surface area contributed by atoms with Gasteiger partial charge in [-0.15, -0.1) is 0 Å². The molecule has 142 valence electrons. The van der Waals surface area contributed by atoms with E-state index in [0.29, 0.717) is 12.2 Å². The van der Waals surface area contributed by atoms with Gasteiger partial charge < -0.3 is 10.1 Å². The number of carbonyl (C=O) groups is 1. The van der Waals surface area contributed by atoms with Crippen LogP contribution in [0, 0.1) is 0 Å². The summed E-state index contributed by atoms with van der Waals surface area (Å²) < 4.78 is 7.30. The van der Waals surface area contributed by atoms with Gasteiger partial charge in [0.1, 0.15) is 5.75 Å². The fourth-order valence-electron chi connectivity index (χ4n) is 2.90. The van der Waals surface area contributed by atoms with Crippen LogP contribution in [-0.4, -0.2) is 27.3 Å². The standard InChI is InChI=1S/C21H26N4O2/c1-6-27-16-9-7-15(8-10-16)23-21(26)17-11-19(13(2)3)24-20-18(17)12-22-25(20)14(4)5/h7-14H,6H2,1-5H3,(H,23,26). The Kier molecular flexibility index (Phi) is 5.44. The highest BCUT2D eigenvalue weighted by Gasteiger charge is 2.19. The Morgan fingerprint density at radius 2 is 1.89 bits per heavy atom. The van der Waals surface area contributed by atoms with Crippen LogP contribution < -0.4 is 10.1 Å². The van der Waals surface area contributed by atoms with Gasteiger partial charge in [0.05, 0.1) is 23.8 Å². The van der Waals surface area contributed by atoms with Gasteiger partial charge in [-0.25, -0.2) is 9.67 Å². The van der Waals surface area contributed by atoms with Gasteiger partial charge in [0.2, 0.25) is 0 Å². The van der Waals surface area contributed by atoms with Crippen molar-refractivity contribution in [1.82, 2.24) is 14.8 Å². The fourth-order valence-corrected chi connectivity index (χ4v) is 2.90. The molecule has 0 bridgehead atoms. The third-order valence-corrected chi connectivity index (χ3v) is 4.34. The van der Waals surface area contributed by atoms with Crippen LogP contribution in [0.4, 0.5) is 5.69 Å². The number of amides is 1. The number of nitrogens with zero attached hydrogens (tertiary/aromatic N) is 3. The van der Waals surface area contributed by atoms with E-state index < -0.39 is 0 Å². The molecule has 0 aliphatic heterocycles. The van der Waals surface area contributed by atoms with Crippen molar-refractivity contribution in [2.45, 2.75) is 46.6 Å². The number of benzene rings is 1. The highest BCUT2D eigenvalue weighted by Crippen LogP contribution is 2.25. The van der Waals surface area contributed by atoms with Crippen molar-refractivity contribution in [3.05, 3.63) is 47.8 Å². The van der Waals surface area contributed by atoms with Crippen LogP contribution in [0.15, 0.2) is 36.5 Å². The number of rotatable bonds is 6. The lowest BCUT2D eigenvalue weighted by atomic mass is 10.0. The summed E-state index contributed by atoms with van der Waals surface area (Å²) in [5.74, 6) is 0.820. The van der Waals surface area contributed by atoms with Crippen LogP contribution in [0.5, 0.6) is 5.75 Å². The van der Waals surface area contributed by atoms with Crippen molar-refractivity contribution in [3.8, 4) is 5.75 Å². The molecule has 0 atom stereocenters. The summed E-state index contributed by atoms with van der Waals surface area (Å²) in [5.41, 5.74) is 2.93. The van der Waals surface area contributed by atoms with Gasteiger partial charge in [0.25, 0.3) is 5.91 Å². The van der Waals surface area contributed by atoms with Gasteiger partial charge in [-0.3, -0.25) is 4.79 Å². The molecule has 0 fully saturated rings. The molecular formula is C21H26N4O2. The molecular weight excluding hydrogens is 340 g/mol. The van der Waals surface area contributed by atoms with Gasteiger partial charge in [0, 0.05) is 17.4 Å². The average Bonchev–Trinajstić information content (AvgIpc) is 3.07. The molecule has 0 saturated carbocycles. The van der Waals surface area contributed by atoms with E-state index in [2.05, 4.69) is 38.1 Å². The Balaban J connectivity index is 1.97. The second kappa shape index (κ2) is 7.78. The van der Waals surface area contributed by atoms with Crippen LogP contribution in [-0.2, 0) is 0 Å². The lowest BCUT2D eigenvalue weighted by Gasteiger charge is -2.12. The van der Waals surface area contributed by atoms with Gasteiger partial charge in [-0.05, 0) is 57.0 Å². The number of ether oxygens (including phenoxy) is 1. The van der Waals surface area contributed by atoms with E-state index in [-0.39, 0.29) is 17.9 Å². The van der Waals surface area contributed by atoms with E-state index >= 15 is 0 Å². The molecule has 6 heteroatoms. The number of nitrogens with one attached hydrogen (secondary N) is 1. The number of hydrogen-bond donors (Lipinski definition) is 1. The minimum absolute atomic E-state index is 0.166. The van der Waals surface area contributed by atoms with Crippen LogP contribution in [0.3, 0.4) is 0 Å². The SMILES string of the molecule is CCOc1ccc(NC(=O)c2cc(C(C)C)nc3c2cnn3C(C)C)cc1. The van der Waals surface area contributed by atoms with Crippen LogP contribution in [0.1, 0.15) is 62.6 Å². The Morgan fingerprint density at radius 3 is 2.48 bits per heavy atom. The second-order valence-electron chi connectivity index (χ2n) is 7.08. The summed E-state index contributed by atoms with van der Waals surface area (Å²) in [7, 11) is 0. The first-order valence-electron chi connectivity index (χ1n) is 9.33. The van der Waals surface area contributed by atoms with Crippen molar-refractivity contribution in [1.29, 1.82) is 0 Å². The van der Waals surface area contributed by atoms with E-state index in [0.717, 1.165) is 28.2 Å². The first-order valence-corrected chi connectivity index (χ1v) is 9.33. The van der Waals surface area contributed by atoms with Crippen LogP contribution in [0.25, 0.3) is 11.0 Å². The van der Waals surface area contributed by atoms with Gasteiger partial charge in [-0.2, -0.15) is 5.10 Å². The van der Waals surface area contributed by atoms with Crippen molar-refractivity contribution < 1.29 is 9.53 Å². The maximum Gasteiger partial charge on any atom is 0.256 e. The molecule has 0 spiro atoms. The summed E-state index contributed by atoms with van der Waals surface area (Å²) in [4.78, 5) is 17.7. The minimum atomic E-state index is -0.170. The third-order valence-electron chi connectivity index (χ3n) is 4.34. The molecule has 1 amide bonds. The lowest BCUT2D eigenvalue weighted by Crippen LogP contribution is -2.14. The topological polar surface area (TPSA) is 69.0 Å². The number of pyridine rings is 1. The van der Waals surface area contributed by atoms with Crippen LogP contribution >= 0.6 is 0 Å². The molecule has 3 rings (SSSR count). The Labute approximate surface area is 159 Å². The largest absolute Gasteiger partial charge is 0.494 e. The third kappa shape index (κ3) is 3.94. The summed E-state index contributed by atoms with van der Waals surface area (Å²) in [6.45, 7) is 10.8. The maximum absolute atomic E-state index is 13.0. The monoisotopic (exact) mass is 366 g/mol. The number of hydrogen-bond acceptors (Lipinski definition) is 4. The highest BCUT2D eigenvalue weighted by atomic mass is 16.5. The molecule has 1 N–H and O–H groups in total. The first-order chi connectivity index (χ1) is 12.9. The number of fused-ring (bicyclic) bond motifs is 1. The summed E-state index contributed by atoms with van der Waals surface area (Å²) >= 11 is 0. The van der Waals surface area contributed by atoms with Crippen molar-refractivity contribution in [3.63, 3.8) is 0 Å². The molecule has 3 aromatic rings. The number of carbonyl (C=O) groups excluding carboxylic acids is 1. The summed E-state index contributed by atoms with van der Waals surface area (Å²) in [5, 5.41) is 8.16. The molecule has 0 saturated heterocycles. The molecule has 27 heavy (non-hydrogen) atoms. The van der Waals surface area contributed by atoms with E-state index in [1.165, 1.54) is 0 Å². The van der Waals surface area contributed by atoms with E-state index in [9.17, 15) is 4.79 Å². The number of aromatic nitrogens is 3. The molecule has 0 unspecified atom stereocenters. The molecule has 2 aromatic heterocycles. The lowest BCUT2D eigenvalue weighted by molar-refractivity contribution is 0.102. The highest BCUT2D eigenvalue weighted by molar-refractivity contribution is 6.12. The van der Waals surface area contributed by atoms with Gasteiger partial charge in [-0.1, -0.05) is 13.8 Å². The van der Waals surface area contributed by atoms with Crippen molar-refractivity contribution >= 4 is 22.6 Å². The maximum atomic E-state index is 13.0. The average molecular weight is 366 g/mol. The van der Waals surface area contributed by atoms with E-state index in [1.807, 2.05) is 41.9 Å². The normalized spacial score (nSPS) is 11.4. The van der Waals surface area contributed by atoms with E-state index in [1.54, 1.807) is 6.20 Å². The Hall–Kier alpha value is -2.89. The van der Waals surface area contributed by atoms with Crippen molar-refractivity contribution in [2.24, 2.45) is 0 Å². The Morgan fingerprint density at radius 1 is 1.19 bits per heavy atom. The van der Waals surface area contributed by atoms with Crippen LogP contribution in [0.2, 0.25) is 0 Å². The fraction of sp³-hybridized carbons (Fsp3) is 0.381. The zero-order valence-electron chi connectivity index (χ0n) is 16.5. The van der Waals surface area contributed by atoms with E-state index in [4.69, 9.17) is 9.72 Å². The predicted octanol–water partition coefficient (Wildman–Crippen LogP) is 4.79. The second-order valence-corrected chi connectivity index (χ2v) is 7.08. The van der Waals surface area contributed by atoms with Gasteiger partial charge in [0.15, 0.2) is 5.65 Å². The molecule has 0 aliphatic rings. The van der Waals surface area contributed by atoms with Gasteiger partial charge >= 0.3 is 0 Å². The number of anilines is 1. The Bertz CT molecular complexity index is 943. The van der Waals surface area contributed by atoms with Crippen molar-refractivity contribution in [2.75, 3.05) is 11.9 Å². The quantitative estimate of drug-likeness (QED) is 0.681. The molecule has 0 aliphatic carbocycles. The smallest absolute Gasteiger partial charge is 0.256 e. The molecule has 2 heterocycles. The summed E-state index contributed by atoms with van der Waals surface area (Å²) in [6.07, 6.45) is 1.72. The minimum Gasteiger partial charge on any atom is -0.494 e. The molecule has 6 nitrogen and oxygen atoms in total. The molecule has 0 radical (unpaired) electrons. The first kappa shape index (κ1) is 18.9. The zero-order chi connectivity index (χ0) is 19.6. The molecule has 1 aromatic carbocycles. The predicted molar refractivity (Wildman–Crippen MR) is 108 cm³/mol.